The number of carbonyl (C=O) groups is 2. The molecule has 3 rings (SSSR count). The van der Waals surface area contributed by atoms with Gasteiger partial charge in [-0.15, -0.1) is 0 Å². The zero-order valence-corrected chi connectivity index (χ0v) is 18.3. The van der Waals surface area contributed by atoms with Crippen LogP contribution in [0.15, 0.2) is 78.9 Å². The minimum Gasteiger partial charge on any atom is -0.497 e. The Morgan fingerprint density at radius 2 is 1.56 bits per heavy atom. The zero-order valence-electron chi connectivity index (χ0n) is 18.3. The van der Waals surface area contributed by atoms with Crippen molar-refractivity contribution in [3.05, 3.63) is 101 Å². The molecule has 0 heterocycles. The standard InChI is InChI=1S/C26H27FN2O3/c1-19(30)29(18-21-8-12-23(27)13-9-21)25(22-6-4-3-5-7-22)26(31)28-17-16-20-10-14-24(32-2)15-11-20/h3-15,25H,16-18H2,1-2H3,(H,28,31)/t25-/m1/s1. The molecule has 0 aliphatic carbocycles. The van der Waals surface area contributed by atoms with Crippen LogP contribution < -0.4 is 10.1 Å². The smallest absolute Gasteiger partial charge is 0.247 e. The maximum Gasteiger partial charge on any atom is 0.247 e. The van der Waals surface area contributed by atoms with Gasteiger partial charge in [0.1, 0.15) is 17.6 Å². The number of amides is 2. The highest BCUT2D eigenvalue weighted by Crippen LogP contribution is 2.24. The van der Waals surface area contributed by atoms with E-state index in [1.807, 2.05) is 54.6 Å². The highest BCUT2D eigenvalue weighted by Gasteiger charge is 2.29. The van der Waals surface area contributed by atoms with Gasteiger partial charge in [0.05, 0.1) is 7.11 Å². The Kier molecular flexibility index (Phi) is 7.97. The summed E-state index contributed by atoms with van der Waals surface area (Å²) in [5.74, 6) is -0.0747. The summed E-state index contributed by atoms with van der Waals surface area (Å²) in [5, 5.41) is 2.96. The molecular formula is C26H27FN2O3. The summed E-state index contributed by atoms with van der Waals surface area (Å²) in [6, 6.07) is 22.0. The number of rotatable bonds is 9. The van der Waals surface area contributed by atoms with E-state index in [4.69, 9.17) is 4.74 Å². The predicted molar refractivity (Wildman–Crippen MR) is 122 cm³/mol. The molecule has 0 spiro atoms. The largest absolute Gasteiger partial charge is 0.497 e. The number of nitrogens with zero attached hydrogens (tertiary/aromatic N) is 1. The number of carbonyl (C=O) groups excluding carboxylic acids is 2. The van der Waals surface area contributed by atoms with Crippen molar-refractivity contribution in [1.82, 2.24) is 10.2 Å². The molecule has 166 valence electrons. The average molecular weight is 435 g/mol. The molecule has 3 aromatic carbocycles. The molecule has 0 radical (unpaired) electrons. The first-order valence-corrected chi connectivity index (χ1v) is 10.4. The molecule has 0 bridgehead atoms. The molecule has 0 fully saturated rings. The highest BCUT2D eigenvalue weighted by atomic mass is 19.1. The van der Waals surface area contributed by atoms with Crippen molar-refractivity contribution in [2.24, 2.45) is 0 Å². The van der Waals surface area contributed by atoms with Crippen LogP contribution in [0.3, 0.4) is 0 Å². The van der Waals surface area contributed by atoms with Crippen molar-refractivity contribution in [1.29, 1.82) is 0 Å². The molecule has 5 nitrogen and oxygen atoms in total. The molecule has 1 atom stereocenters. The first-order chi connectivity index (χ1) is 15.5. The van der Waals surface area contributed by atoms with Gasteiger partial charge in [-0.3, -0.25) is 9.59 Å². The lowest BCUT2D eigenvalue weighted by Crippen LogP contribution is -2.43. The van der Waals surface area contributed by atoms with Gasteiger partial charge >= 0.3 is 0 Å². The van der Waals surface area contributed by atoms with Gasteiger partial charge in [-0.1, -0.05) is 54.6 Å². The summed E-state index contributed by atoms with van der Waals surface area (Å²) in [6.07, 6.45) is 0.648. The van der Waals surface area contributed by atoms with Gasteiger partial charge in [0, 0.05) is 20.0 Å². The van der Waals surface area contributed by atoms with E-state index in [1.54, 1.807) is 19.2 Å². The lowest BCUT2D eigenvalue weighted by Gasteiger charge is -2.30. The Hall–Kier alpha value is -3.67. The van der Waals surface area contributed by atoms with Gasteiger partial charge in [-0.2, -0.15) is 0 Å². The van der Waals surface area contributed by atoms with Gasteiger partial charge < -0.3 is 15.0 Å². The number of benzene rings is 3. The van der Waals surface area contributed by atoms with Crippen LogP contribution >= 0.6 is 0 Å². The SMILES string of the molecule is COc1ccc(CCNC(=O)[C@@H](c2ccccc2)N(Cc2ccc(F)cc2)C(C)=O)cc1. The third kappa shape index (κ3) is 6.17. The van der Waals surface area contributed by atoms with E-state index < -0.39 is 6.04 Å². The molecule has 0 aliphatic rings. The van der Waals surface area contributed by atoms with E-state index in [0.717, 1.165) is 16.9 Å². The average Bonchev–Trinajstić information content (AvgIpc) is 2.81. The van der Waals surface area contributed by atoms with E-state index in [0.29, 0.717) is 18.5 Å². The molecule has 0 aromatic heterocycles. The zero-order chi connectivity index (χ0) is 22.9. The van der Waals surface area contributed by atoms with Gasteiger partial charge in [0.25, 0.3) is 0 Å². The van der Waals surface area contributed by atoms with E-state index in [9.17, 15) is 14.0 Å². The van der Waals surface area contributed by atoms with Crippen molar-refractivity contribution in [2.75, 3.05) is 13.7 Å². The Bertz CT molecular complexity index is 1020. The maximum absolute atomic E-state index is 13.3. The molecule has 0 aliphatic heterocycles. The van der Waals surface area contributed by atoms with Crippen molar-refractivity contribution < 1.29 is 18.7 Å². The number of methoxy groups -OCH3 is 1. The lowest BCUT2D eigenvalue weighted by atomic mass is 10.0. The summed E-state index contributed by atoms with van der Waals surface area (Å²) in [4.78, 5) is 27.3. The highest BCUT2D eigenvalue weighted by molar-refractivity contribution is 5.88. The monoisotopic (exact) mass is 434 g/mol. The summed E-state index contributed by atoms with van der Waals surface area (Å²) in [5.41, 5.74) is 2.53. The maximum atomic E-state index is 13.3. The second kappa shape index (κ2) is 11.1. The molecule has 32 heavy (non-hydrogen) atoms. The van der Waals surface area contributed by atoms with Crippen molar-refractivity contribution >= 4 is 11.8 Å². The molecule has 0 saturated heterocycles. The first-order valence-electron chi connectivity index (χ1n) is 10.4. The van der Waals surface area contributed by atoms with Crippen molar-refractivity contribution in [3.8, 4) is 5.75 Å². The number of hydrogen-bond donors (Lipinski definition) is 1. The third-order valence-electron chi connectivity index (χ3n) is 5.22. The second-order valence-corrected chi connectivity index (χ2v) is 7.48. The summed E-state index contributed by atoms with van der Waals surface area (Å²) >= 11 is 0. The molecule has 0 saturated carbocycles. The fourth-order valence-electron chi connectivity index (χ4n) is 3.50. The van der Waals surface area contributed by atoms with Crippen LogP contribution in [-0.4, -0.2) is 30.4 Å². The molecule has 2 amide bonds. The van der Waals surface area contributed by atoms with Gasteiger partial charge in [0.15, 0.2) is 0 Å². The molecule has 6 heteroatoms. The fourth-order valence-corrected chi connectivity index (χ4v) is 3.50. The van der Waals surface area contributed by atoms with Crippen LogP contribution in [-0.2, 0) is 22.6 Å². The molecule has 0 unspecified atom stereocenters. The predicted octanol–water partition coefficient (Wildman–Crippen LogP) is 4.28. The van der Waals surface area contributed by atoms with Gasteiger partial charge in [-0.25, -0.2) is 4.39 Å². The van der Waals surface area contributed by atoms with E-state index in [2.05, 4.69) is 5.32 Å². The van der Waals surface area contributed by atoms with E-state index in [-0.39, 0.29) is 24.2 Å². The van der Waals surface area contributed by atoms with Crippen molar-refractivity contribution in [3.63, 3.8) is 0 Å². The van der Waals surface area contributed by atoms with Crippen LogP contribution in [0.25, 0.3) is 0 Å². The molecular weight excluding hydrogens is 407 g/mol. The van der Waals surface area contributed by atoms with Crippen LogP contribution in [0.5, 0.6) is 5.75 Å². The summed E-state index contributed by atoms with van der Waals surface area (Å²) < 4.78 is 18.5. The van der Waals surface area contributed by atoms with Crippen LogP contribution in [0.4, 0.5) is 4.39 Å². The van der Waals surface area contributed by atoms with Crippen molar-refractivity contribution in [2.45, 2.75) is 25.9 Å². The Morgan fingerprint density at radius 1 is 0.938 bits per heavy atom. The van der Waals surface area contributed by atoms with E-state index >= 15 is 0 Å². The fraction of sp³-hybridized carbons (Fsp3) is 0.231. The van der Waals surface area contributed by atoms with Gasteiger partial charge in [0.2, 0.25) is 11.8 Å². The van der Waals surface area contributed by atoms with Gasteiger partial charge in [-0.05, 0) is 47.4 Å². The van der Waals surface area contributed by atoms with Crippen LogP contribution in [0.2, 0.25) is 0 Å². The number of nitrogens with one attached hydrogen (secondary N) is 1. The number of halogens is 1. The van der Waals surface area contributed by atoms with Crippen LogP contribution in [0, 0.1) is 5.82 Å². The lowest BCUT2D eigenvalue weighted by molar-refractivity contribution is -0.140. The van der Waals surface area contributed by atoms with Crippen LogP contribution in [0.1, 0.15) is 29.7 Å². The Labute approximate surface area is 187 Å². The molecule has 3 aromatic rings. The molecule has 1 N–H and O–H groups in total. The minimum absolute atomic E-state index is 0.196. The third-order valence-corrected chi connectivity index (χ3v) is 5.22. The minimum atomic E-state index is -0.797. The Balaban J connectivity index is 1.76. The Morgan fingerprint density at radius 3 is 2.16 bits per heavy atom. The first kappa shape index (κ1) is 23.0. The topological polar surface area (TPSA) is 58.6 Å². The quantitative estimate of drug-likeness (QED) is 0.547. The normalized spacial score (nSPS) is 11.5. The summed E-state index contributed by atoms with van der Waals surface area (Å²) in [6.45, 7) is 2.06. The van der Waals surface area contributed by atoms with E-state index in [1.165, 1.54) is 24.0 Å². The number of hydrogen-bond acceptors (Lipinski definition) is 3. The summed E-state index contributed by atoms with van der Waals surface area (Å²) in [7, 11) is 1.62. The second-order valence-electron chi connectivity index (χ2n) is 7.48. The number of ether oxygens (including phenoxy) is 1.